The molecule has 29 heavy (non-hydrogen) atoms. The van der Waals surface area contributed by atoms with Gasteiger partial charge in [-0.2, -0.15) is 0 Å². The molecule has 9 nitrogen and oxygen atoms in total. The molecule has 4 fully saturated rings. The number of rotatable bonds is 4. The van der Waals surface area contributed by atoms with Gasteiger partial charge < -0.3 is 23.7 Å². The Kier molecular flexibility index (Phi) is 6.07. The van der Waals surface area contributed by atoms with E-state index in [9.17, 15) is 19.2 Å². The van der Waals surface area contributed by atoms with Gasteiger partial charge >= 0.3 is 23.9 Å². The van der Waals surface area contributed by atoms with Crippen molar-refractivity contribution in [2.45, 2.75) is 51.1 Å². The number of ether oxygens (including phenoxy) is 5. The molecule has 4 aliphatic heterocycles. The van der Waals surface area contributed by atoms with Gasteiger partial charge in [0.05, 0.1) is 25.2 Å². The summed E-state index contributed by atoms with van der Waals surface area (Å²) in [7, 11) is 0. The maximum Gasteiger partial charge on any atom is 0.347 e. The van der Waals surface area contributed by atoms with Gasteiger partial charge in [-0.05, 0) is 13.8 Å². The van der Waals surface area contributed by atoms with Crippen molar-refractivity contribution in [3.63, 3.8) is 0 Å². The van der Waals surface area contributed by atoms with Crippen LogP contribution in [0.5, 0.6) is 0 Å². The van der Waals surface area contributed by atoms with E-state index in [0.29, 0.717) is 31.6 Å². The molecule has 1 unspecified atom stereocenters. The van der Waals surface area contributed by atoms with Crippen molar-refractivity contribution < 1.29 is 42.9 Å². The van der Waals surface area contributed by atoms with Crippen LogP contribution in [0.1, 0.15) is 26.7 Å². The van der Waals surface area contributed by atoms with Crippen LogP contribution in [0.15, 0.2) is 24.3 Å². The molecule has 158 valence electrons. The average Bonchev–Trinajstić information content (AvgIpc) is 3.41. The molecule has 0 spiro atoms. The van der Waals surface area contributed by atoms with Gasteiger partial charge in [-0.25, -0.2) is 14.4 Å². The Balaban J connectivity index is 0.000000177. The average molecular weight is 408 g/mol. The van der Waals surface area contributed by atoms with Crippen molar-refractivity contribution in [2.75, 3.05) is 13.2 Å². The summed E-state index contributed by atoms with van der Waals surface area (Å²) in [5, 5.41) is 0. The Bertz CT molecular complexity index is 755. The summed E-state index contributed by atoms with van der Waals surface area (Å²) in [6.07, 6.45) is -0.311. The zero-order chi connectivity index (χ0) is 21.3. The Morgan fingerprint density at radius 3 is 2.24 bits per heavy atom. The summed E-state index contributed by atoms with van der Waals surface area (Å²) in [5.41, 5.74) is 0.665. The number of hydrogen-bond donors (Lipinski definition) is 0. The zero-order valence-corrected chi connectivity index (χ0v) is 16.4. The smallest absolute Gasteiger partial charge is 0.347 e. The van der Waals surface area contributed by atoms with Gasteiger partial charge in [0.25, 0.3) is 0 Å². The highest BCUT2D eigenvalue weighted by Gasteiger charge is 2.61. The number of carbonyl (C=O) groups is 4. The standard InChI is InChI=1S/C12H14O5.C8H10O4/c1-5(2)11(13)17-8-3-7-9-6(10(8)16-7)4-15-12(9)14;1-5(2)7(9)12-6-3-4-11-8(6)10/h6-10H,1,3-4H2,2H3;6H,1,3-4H2,2H3/t6-,7+,8-,9+,10+;/m1./s1. The van der Waals surface area contributed by atoms with Gasteiger partial charge in [0.2, 0.25) is 6.10 Å². The Hall–Kier alpha value is -2.68. The van der Waals surface area contributed by atoms with Crippen LogP contribution < -0.4 is 0 Å². The van der Waals surface area contributed by atoms with Gasteiger partial charge in [0.15, 0.2) is 0 Å². The number of esters is 4. The van der Waals surface area contributed by atoms with Crippen LogP contribution in [-0.4, -0.2) is 61.5 Å². The van der Waals surface area contributed by atoms with Crippen LogP contribution in [0, 0.1) is 11.8 Å². The van der Waals surface area contributed by atoms with Crippen molar-refractivity contribution in [3.05, 3.63) is 24.3 Å². The molecule has 0 aromatic heterocycles. The number of cyclic esters (lactones) is 2. The first kappa shape index (κ1) is 21.0. The summed E-state index contributed by atoms with van der Waals surface area (Å²) in [5.74, 6) is -1.69. The first-order chi connectivity index (χ1) is 13.7. The summed E-state index contributed by atoms with van der Waals surface area (Å²) in [6, 6.07) is 0. The first-order valence-corrected chi connectivity index (χ1v) is 9.40. The van der Waals surface area contributed by atoms with E-state index in [2.05, 4.69) is 17.9 Å². The minimum Gasteiger partial charge on any atom is -0.465 e. The van der Waals surface area contributed by atoms with Crippen molar-refractivity contribution in [2.24, 2.45) is 11.8 Å². The molecule has 0 aliphatic carbocycles. The van der Waals surface area contributed by atoms with E-state index < -0.39 is 24.0 Å². The maximum atomic E-state index is 11.5. The molecule has 4 saturated heterocycles. The molecule has 6 atom stereocenters. The molecule has 0 radical (unpaired) electrons. The van der Waals surface area contributed by atoms with Crippen molar-refractivity contribution >= 4 is 23.9 Å². The SMILES string of the molecule is C=C(C)C(=O)OC1CCOC1=O.C=C(C)C(=O)O[C@@H]1C[C@@H]2O[C@H]1[C@@H]1COC(=O)[C@@H]12. The Labute approximate surface area is 167 Å². The fraction of sp³-hybridized carbons (Fsp3) is 0.600. The predicted octanol–water partition coefficient (Wildman–Crippen LogP) is 0.856. The molecule has 0 aromatic rings. The number of hydrogen-bond acceptors (Lipinski definition) is 9. The topological polar surface area (TPSA) is 114 Å². The van der Waals surface area contributed by atoms with Crippen molar-refractivity contribution in [1.82, 2.24) is 0 Å². The van der Waals surface area contributed by atoms with E-state index in [4.69, 9.17) is 18.9 Å². The zero-order valence-electron chi connectivity index (χ0n) is 16.4. The molecule has 0 saturated carbocycles. The first-order valence-electron chi connectivity index (χ1n) is 9.40. The van der Waals surface area contributed by atoms with Gasteiger partial charge in [0, 0.05) is 29.9 Å². The van der Waals surface area contributed by atoms with E-state index in [-0.39, 0.29) is 41.7 Å². The third-order valence-corrected chi connectivity index (χ3v) is 5.23. The normalized spacial score (nSPS) is 33.7. The van der Waals surface area contributed by atoms with Crippen molar-refractivity contribution in [3.8, 4) is 0 Å². The molecule has 4 rings (SSSR count). The number of carbonyl (C=O) groups excluding carboxylic acids is 4. The molecule has 4 heterocycles. The quantitative estimate of drug-likeness (QED) is 0.379. The fourth-order valence-electron chi connectivity index (χ4n) is 3.76. The van der Waals surface area contributed by atoms with E-state index in [1.54, 1.807) is 6.92 Å². The van der Waals surface area contributed by atoms with Crippen LogP contribution in [0.3, 0.4) is 0 Å². The third kappa shape index (κ3) is 4.34. The lowest BCUT2D eigenvalue weighted by Gasteiger charge is -2.25. The summed E-state index contributed by atoms with van der Waals surface area (Å²) in [6.45, 7) is 10.8. The Morgan fingerprint density at radius 1 is 1.00 bits per heavy atom. The predicted molar refractivity (Wildman–Crippen MR) is 96.2 cm³/mol. The van der Waals surface area contributed by atoms with Crippen LogP contribution in [-0.2, 0) is 42.9 Å². The van der Waals surface area contributed by atoms with E-state index in [1.165, 1.54) is 6.92 Å². The molecule has 4 aliphatic rings. The minimum atomic E-state index is -0.728. The van der Waals surface area contributed by atoms with E-state index in [0.717, 1.165) is 0 Å². The monoisotopic (exact) mass is 408 g/mol. The van der Waals surface area contributed by atoms with Crippen LogP contribution >= 0.6 is 0 Å². The second kappa shape index (κ2) is 8.36. The Morgan fingerprint density at radius 2 is 1.66 bits per heavy atom. The van der Waals surface area contributed by atoms with Crippen LogP contribution in [0.2, 0.25) is 0 Å². The van der Waals surface area contributed by atoms with Crippen LogP contribution in [0.4, 0.5) is 0 Å². The number of fused-ring (bicyclic) bond motifs is 5. The summed E-state index contributed by atoms with van der Waals surface area (Å²) >= 11 is 0. The van der Waals surface area contributed by atoms with Gasteiger partial charge in [-0.3, -0.25) is 4.79 Å². The molecule has 0 aromatic carbocycles. The molecular weight excluding hydrogens is 384 g/mol. The second-order valence-corrected chi connectivity index (χ2v) is 7.55. The second-order valence-electron chi connectivity index (χ2n) is 7.55. The minimum absolute atomic E-state index is 0.0455. The highest BCUT2D eigenvalue weighted by Crippen LogP contribution is 2.48. The summed E-state index contributed by atoms with van der Waals surface area (Å²) in [4.78, 5) is 44.6. The fourth-order valence-corrected chi connectivity index (χ4v) is 3.76. The van der Waals surface area contributed by atoms with E-state index >= 15 is 0 Å². The lowest BCUT2D eigenvalue weighted by molar-refractivity contribution is -0.157. The maximum absolute atomic E-state index is 11.5. The largest absolute Gasteiger partial charge is 0.465 e. The summed E-state index contributed by atoms with van der Waals surface area (Å²) < 4.78 is 25.4. The molecule has 2 bridgehead atoms. The molecular formula is C20H24O9. The highest BCUT2D eigenvalue weighted by molar-refractivity contribution is 5.89. The van der Waals surface area contributed by atoms with Crippen molar-refractivity contribution in [1.29, 1.82) is 0 Å². The molecule has 0 N–H and O–H groups in total. The van der Waals surface area contributed by atoms with Gasteiger partial charge in [-0.15, -0.1) is 0 Å². The lowest BCUT2D eigenvalue weighted by Crippen LogP contribution is -2.39. The van der Waals surface area contributed by atoms with Gasteiger partial charge in [0.1, 0.15) is 12.2 Å². The molecule has 0 amide bonds. The van der Waals surface area contributed by atoms with Crippen LogP contribution in [0.25, 0.3) is 0 Å². The third-order valence-electron chi connectivity index (χ3n) is 5.23. The van der Waals surface area contributed by atoms with Gasteiger partial charge in [-0.1, -0.05) is 13.2 Å². The lowest BCUT2D eigenvalue weighted by atomic mass is 9.80. The van der Waals surface area contributed by atoms with E-state index in [1.807, 2.05) is 0 Å². The molecule has 9 heteroatoms. The highest BCUT2D eigenvalue weighted by atomic mass is 16.6.